The van der Waals surface area contributed by atoms with Crippen LogP contribution in [0.1, 0.15) is 100 Å². The van der Waals surface area contributed by atoms with E-state index in [4.69, 9.17) is 33.3 Å². The van der Waals surface area contributed by atoms with E-state index in [2.05, 4.69) is 16.0 Å². The van der Waals surface area contributed by atoms with Crippen LogP contribution >= 0.6 is 0 Å². The van der Waals surface area contributed by atoms with Gasteiger partial charge in [-0.15, -0.1) is 5.06 Å². The summed E-state index contributed by atoms with van der Waals surface area (Å²) in [7, 11) is 4.60. The Morgan fingerprint density at radius 3 is 1.45 bits per heavy atom. The van der Waals surface area contributed by atoms with Crippen molar-refractivity contribution < 1.29 is 71.6 Å². The van der Waals surface area contributed by atoms with E-state index < -0.39 is 53.8 Å². The Hall–Kier alpha value is -7.18. The van der Waals surface area contributed by atoms with Crippen LogP contribution in [-0.2, 0) is 72.4 Å². The van der Waals surface area contributed by atoms with Crippen molar-refractivity contribution in [1.29, 1.82) is 0 Å². The molecule has 0 unspecified atom stereocenters. The number of carbonyl (C=O) groups excluding carboxylic acids is 8. The monoisotopic (exact) mass is 932 g/mol. The van der Waals surface area contributed by atoms with Crippen molar-refractivity contribution in [3.05, 3.63) is 89.5 Å². The van der Waals surface area contributed by atoms with E-state index >= 15 is 0 Å². The van der Waals surface area contributed by atoms with E-state index in [-0.39, 0.29) is 70.7 Å². The molecule has 19 heteroatoms. The maximum atomic E-state index is 13.5. The standard InChI is InChI=1S/C48H60N4O15/c1-61-36-19-13-33(14-20-36)30-64-44(56)28-25-40(47(59)66-32-35-17-23-38(63-3)24-18-35)51-48(60)50-39(46(58)65-31-34-15-21-37(62-2)22-16-34)10-8-9-29-49-41(53)11-6-4-5-7-12-45(57)67-52-42(54)26-27-43(52)55/h13-24,39-40H,4-12,25-32H2,1-3H3,(H,49,53)(H2,50,51,60)/t39-,40-/m0/s1. The minimum Gasteiger partial charge on any atom is -0.497 e. The number of hydrogen-bond acceptors (Lipinski definition) is 15. The molecule has 2 atom stereocenters. The van der Waals surface area contributed by atoms with Gasteiger partial charge in [-0.3, -0.25) is 19.2 Å². The predicted molar refractivity (Wildman–Crippen MR) is 239 cm³/mol. The van der Waals surface area contributed by atoms with Gasteiger partial charge in [0.05, 0.1) is 21.3 Å². The normalized spacial score (nSPS) is 12.9. The minimum absolute atomic E-state index is 0.0225. The second-order valence-electron chi connectivity index (χ2n) is 15.5. The molecule has 0 radical (unpaired) electrons. The van der Waals surface area contributed by atoms with Crippen molar-refractivity contribution in [2.24, 2.45) is 0 Å². The van der Waals surface area contributed by atoms with Gasteiger partial charge in [0.2, 0.25) is 5.91 Å². The Labute approximate surface area is 389 Å². The molecule has 0 spiro atoms. The number of benzene rings is 3. The molecule has 1 saturated heterocycles. The highest BCUT2D eigenvalue weighted by molar-refractivity contribution is 6.01. The Morgan fingerprint density at radius 2 is 0.970 bits per heavy atom. The third-order valence-corrected chi connectivity index (χ3v) is 10.4. The predicted octanol–water partition coefficient (Wildman–Crippen LogP) is 5.29. The molecule has 3 aromatic carbocycles. The van der Waals surface area contributed by atoms with Gasteiger partial charge in [0.1, 0.15) is 49.2 Å². The van der Waals surface area contributed by atoms with Crippen LogP contribution in [0.5, 0.6) is 17.2 Å². The van der Waals surface area contributed by atoms with E-state index in [1.54, 1.807) is 72.8 Å². The maximum absolute atomic E-state index is 13.5. The fraction of sp³-hybridized carbons (Fsp3) is 0.458. The fourth-order valence-corrected chi connectivity index (χ4v) is 6.53. The summed E-state index contributed by atoms with van der Waals surface area (Å²) in [4.78, 5) is 106. The summed E-state index contributed by atoms with van der Waals surface area (Å²) in [5, 5.41) is 8.55. The van der Waals surface area contributed by atoms with Crippen molar-refractivity contribution >= 4 is 47.6 Å². The lowest BCUT2D eigenvalue weighted by atomic mass is 10.1. The lowest BCUT2D eigenvalue weighted by molar-refractivity contribution is -0.197. The average Bonchev–Trinajstić information content (AvgIpc) is 3.66. The lowest BCUT2D eigenvalue weighted by Gasteiger charge is -2.21. The SMILES string of the molecule is COc1ccc(COC(=O)CC[C@H](NC(=O)N[C@@H](CCCCNC(=O)CCCCCCC(=O)ON2C(=O)CCC2=O)C(=O)OCc2ccc(OC)cc2)C(=O)OCc2ccc(OC)cc2)cc1. The molecule has 4 rings (SSSR count). The highest BCUT2D eigenvalue weighted by atomic mass is 16.7. The Kier molecular flexibility index (Phi) is 22.4. The van der Waals surface area contributed by atoms with E-state index in [1.807, 2.05) is 0 Å². The summed E-state index contributed by atoms with van der Waals surface area (Å²) >= 11 is 0. The number of carbonyl (C=O) groups is 8. The van der Waals surface area contributed by atoms with Crippen molar-refractivity contribution in [3.8, 4) is 17.2 Å². The highest BCUT2D eigenvalue weighted by Crippen LogP contribution is 2.17. The van der Waals surface area contributed by atoms with Gasteiger partial charge in [0.15, 0.2) is 0 Å². The van der Waals surface area contributed by atoms with Crippen LogP contribution in [0.4, 0.5) is 4.79 Å². The smallest absolute Gasteiger partial charge is 0.333 e. The highest BCUT2D eigenvalue weighted by Gasteiger charge is 2.33. The van der Waals surface area contributed by atoms with Crippen LogP contribution in [0, 0.1) is 0 Å². The summed E-state index contributed by atoms with van der Waals surface area (Å²) in [6.07, 6.45) is 3.26. The molecule has 67 heavy (non-hydrogen) atoms. The van der Waals surface area contributed by atoms with E-state index in [9.17, 15) is 38.4 Å². The second-order valence-corrected chi connectivity index (χ2v) is 15.5. The van der Waals surface area contributed by atoms with Crippen LogP contribution < -0.4 is 30.2 Å². The number of methoxy groups -OCH3 is 3. The Bertz CT molecular complexity index is 2080. The summed E-state index contributed by atoms with van der Waals surface area (Å²) in [5.74, 6) is -2.20. The van der Waals surface area contributed by atoms with E-state index in [0.717, 1.165) is 5.56 Å². The largest absolute Gasteiger partial charge is 0.497 e. The maximum Gasteiger partial charge on any atom is 0.333 e. The molecule has 1 aliphatic rings. The van der Waals surface area contributed by atoms with Gasteiger partial charge >= 0.3 is 29.9 Å². The molecular weight excluding hydrogens is 873 g/mol. The first kappa shape index (κ1) is 52.4. The number of nitrogens with zero attached hydrogens (tertiary/aromatic N) is 1. The Balaban J connectivity index is 1.28. The molecule has 0 aromatic heterocycles. The number of esters is 3. The first-order chi connectivity index (χ1) is 32.4. The molecule has 5 amide bonds. The molecular formula is C48H60N4O15. The van der Waals surface area contributed by atoms with Crippen molar-refractivity contribution in [2.45, 2.75) is 115 Å². The van der Waals surface area contributed by atoms with Crippen LogP contribution in [0.25, 0.3) is 0 Å². The summed E-state index contributed by atoms with van der Waals surface area (Å²) in [5.41, 5.74) is 2.04. The lowest BCUT2D eigenvalue weighted by Crippen LogP contribution is -2.51. The van der Waals surface area contributed by atoms with Crippen LogP contribution in [0.15, 0.2) is 72.8 Å². The van der Waals surface area contributed by atoms with Gasteiger partial charge in [-0.1, -0.05) is 49.2 Å². The molecule has 3 aromatic rings. The number of hydroxylamine groups is 2. The quantitative estimate of drug-likeness (QED) is 0.0347. The zero-order chi connectivity index (χ0) is 48.4. The van der Waals surface area contributed by atoms with Crippen molar-refractivity contribution in [2.75, 3.05) is 27.9 Å². The van der Waals surface area contributed by atoms with Gasteiger partial charge in [0, 0.05) is 38.6 Å². The van der Waals surface area contributed by atoms with E-state index in [1.165, 1.54) is 21.3 Å². The van der Waals surface area contributed by atoms with Crippen LogP contribution in [-0.4, -0.2) is 92.7 Å². The zero-order valence-corrected chi connectivity index (χ0v) is 38.2. The summed E-state index contributed by atoms with van der Waals surface area (Å²) in [6, 6.07) is 17.3. The number of ether oxygens (including phenoxy) is 6. The number of imide groups is 1. The third kappa shape index (κ3) is 19.4. The number of rotatable bonds is 29. The zero-order valence-electron chi connectivity index (χ0n) is 38.2. The van der Waals surface area contributed by atoms with Gasteiger partial charge in [-0.25, -0.2) is 19.2 Å². The molecule has 3 N–H and O–H groups in total. The second kappa shape index (κ2) is 28.7. The van der Waals surface area contributed by atoms with Gasteiger partial charge in [0.25, 0.3) is 11.8 Å². The van der Waals surface area contributed by atoms with E-state index in [0.29, 0.717) is 78.5 Å². The fourth-order valence-electron chi connectivity index (χ4n) is 6.53. The number of amides is 5. The van der Waals surface area contributed by atoms with Crippen LogP contribution in [0.2, 0.25) is 0 Å². The first-order valence-corrected chi connectivity index (χ1v) is 22.1. The molecule has 0 bridgehead atoms. The Morgan fingerprint density at radius 1 is 0.522 bits per heavy atom. The first-order valence-electron chi connectivity index (χ1n) is 22.1. The molecule has 1 aliphatic heterocycles. The molecule has 1 heterocycles. The molecule has 0 aliphatic carbocycles. The molecule has 0 saturated carbocycles. The summed E-state index contributed by atoms with van der Waals surface area (Å²) < 4.78 is 32.1. The van der Waals surface area contributed by atoms with Gasteiger partial charge in [-0.05, 0) is 91.6 Å². The topological polar surface area (TPSA) is 240 Å². The number of urea groups is 1. The molecule has 1 fully saturated rings. The molecule has 362 valence electrons. The summed E-state index contributed by atoms with van der Waals surface area (Å²) in [6.45, 7) is 0.0525. The minimum atomic E-state index is -1.31. The molecule has 19 nitrogen and oxygen atoms in total. The number of unbranched alkanes of at least 4 members (excludes halogenated alkanes) is 4. The van der Waals surface area contributed by atoms with Gasteiger partial charge < -0.3 is 49.2 Å². The van der Waals surface area contributed by atoms with Crippen LogP contribution in [0.3, 0.4) is 0 Å². The number of hydrogen-bond donors (Lipinski definition) is 3. The van der Waals surface area contributed by atoms with Gasteiger partial charge in [-0.2, -0.15) is 0 Å². The number of nitrogens with one attached hydrogen (secondary N) is 3. The third-order valence-electron chi connectivity index (χ3n) is 10.4. The van der Waals surface area contributed by atoms with Crippen molar-refractivity contribution in [1.82, 2.24) is 21.0 Å². The van der Waals surface area contributed by atoms with Crippen molar-refractivity contribution in [3.63, 3.8) is 0 Å². The average molecular weight is 933 g/mol.